The Morgan fingerprint density at radius 3 is 3.00 bits per heavy atom. The molecule has 86 valence electrons. The van der Waals surface area contributed by atoms with E-state index in [0.29, 0.717) is 36.7 Å². The van der Waals surface area contributed by atoms with Crippen molar-refractivity contribution in [2.24, 2.45) is 0 Å². The maximum atomic E-state index is 11.0. The highest BCUT2D eigenvalue weighted by Gasteiger charge is 2.24. The minimum Gasteiger partial charge on any atom is -0.477 e. The topological polar surface area (TPSA) is 72.3 Å². The van der Waals surface area contributed by atoms with Gasteiger partial charge in [-0.15, -0.1) is 0 Å². The highest BCUT2D eigenvalue weighted by atomic mass is 16.5. The second-order valence-corrected chi connectivity index (χ2v) is 3.78. The summed E-state index contributed by atoms with van der Waals surface area (Å²) in [6.45, 7) is 2.57. The van der Waals surface area contributed by atoms with E-state index in [1.54, 1.807) is 0 Å². The van der Waals surface area contributed by atoms with Crippen LogP contribution in [0.2, 0.25) is 0 Å². The first-order chi connectivity index (χ1) is 7.72. The van der Waals surface area contributed by atoms with Gasteiger partial charge in [-0.3, -0.25) is 0 Å². The van der Waals surface area contributed by atoms with Crippen LogP contribution in [-0.4, -0.2) is 27.7 Å². The molecule has 0 bridgehead atoms. The van der Waals surface area contributed by atoms with Gasteiger partial charge in [0.1, 0.15) is 5.82 Å². The van der Waals surface area contributed by atoms with Crippen molar-refractivity contribution < 1.29 is 14.6 Å². The molecule has 0 aliphatic carbocycles. The Hall–Kier alpha value is -1.65. The molecule has 0 radical (unpaired) electrons. The molecule has 0 atom stereocenters. The van der Waals surface area contributed by atoms with E-state index in [0.717, 1.165) is 12.8 Å². The lowest BCUT2D eigenvalue weighted by molar-refractivity contribution is 0.0688. The molecule has 1 aromatic rings. The summed E-state index contributed by atoms with van der Waals surface area (Å²) in [6.07, 6.45) is 3.28. The van der Waals surface area contributed by atoms with Crippen molar-refractivity contribution in [3.8, 4) is 5.88 Å². The summed E-state index contributed by atoms with van der Waals surface area (Å²) < 4.78 is 5.30. The Balaban J connectivity index is 2.36. The van der Waals surface area contributed by atoms with Gasteiger partial charge in [-0.1, -0.05) is 13.3 Å². The number of ether oxygens (including phenoxy) is 1. The van der Waals surface area contributed by atoms with E-state index in [2.05, 4.69) is 16.9 Å². The zero-order chi connectivity index (χ0) is 11.5. The van der Waals surface area contributed by atoms with Crippen molar-refractivity contribution in [3.05, 3.63) is 17.1 Å². The molecule has 2 rings (SSSR count). The average Bonchev–Trinajstić information content (AvgIpc) is 2.72. The Bertz CT molecular complexity index is 418. The van der Waals surface area contributed by atoms with E-state index in [-0.39, 0.29) is 5.69 Å². The number of unbranched alkanes of at least 4 members (excludes halogenated alkanes) is 1. The predicted molar refractivity (Wildman–Crippen MR) is 56.8 cm³/mol. The molecule has 0 fully saturated rings. The quantitative estimate of drug-likeness (QED) is 0.834. The standard InChI is InChI=1S/C11H14N2O3/c1-2-3-4-8-12-9(11(14)15)7-5-6-16-10(7)13-8/h2-6H2,1H3,(H,14,15). The van der Waals surface area contributed by atoms with E-state index >= 15 is 0 Å². The number of aryl methyl sites for hydroxylation is 1. The van der Waals surface area contributed by atoms with Crippen LogP contribution < -0.4 is 4.74 Å². The molecule has 2 heterocycles. The summed E-state index contributed by atoms with van der Waals surface area (Å²) in [7, 11) is 0. The van der Waals surface area contributed by atoms with Crippen LogP contribution in [0.4, 0.5) is 0 Å². The van der Waals surface area contributed by atoms with Gasteiger partial charge in [0, 0.05) is 12.8 Å². The van der Waals surface area contributed by atoms with Crippen molar-refractivity contribution in [3.63, 3.8) is 0 Å². The number of aromatic carboxylic acids is 1. The van der Waals surface area contributed by atoms with Gasteiger partial charge in [0.2, 0.25) is 5.88 Å². The normalized spacial score (nSPS) is 13.3. The van der Waals surface area contributed by atoms with Gasteiger partial charge in [-0.2, -0.15) is 4.98 Å². The molecule has 0 saturated carbocycles. The van der Waals surface area contributed by atoms with E-state index < -0.39 is 5.97 Å². The molecule has 1 aliphatic heterocycles. The van der Waals surface area contributed by atoms with Crippen LogP contribution in [0.1, 0.15) is 41.6 Å². The van der Waals surface area contributed by atoms with Crippen molar-refractivity contribution >= 4 is 5.97 Å². The Labute approximate surface area is 93.5 Å². The highest BCUT2D eigenvalue weighted by Crippen LogP contribution is 2.25. The molecule has 5 nitrogen and oxygen atoms in total. The van der Waals surface area contributed by atoms with Gasteiger partial charge in [-0.05, 0) is 6.42 Å². The third-order valence-electron chi connectivity index (χ3n) is 2.56. The maximum absolute atomic E-state index is 11.0. The van der Waals surface area contributed by atoms with Crippen molar-refractivity contribution in [2.75, 3.05) is 6.61 Å². The van der Waals surface area contributed by atoms with E-state index in [9.17, 15) is 4.79 Å². The fraction of sp³-hybridized carbons (Fsp3) is 0.545. The monoisotopic (exact) mass is 222 g/mol. The number of rotatable bonds is 4. The van der Waals surface area contributed by atoms with E-state index in [4.69, 9.17) is 9.84 Å². The molecule has 5 heteroatoms. The van der Waals surface area contributed by atoms with Crippen LogP contribution in [0.5, 0.6) is 5.88 Å². The minimum absolute atomic E-state index is 0.105. The second-order valence-electron chi connectivity index (χ2n) is 3.78. The van der Waals surface area contributed by atoms with Crippen LogP contribution in [0, 0.1) is 0 Å². The van der Waals surface area contributed by atoms with E-state index in [1.807, 2.05) is 0 Å². The van der Waals surface area contributed by atoms with E-state index in [1.165, 1.54) is 0 Å². The molecule has 16 heavy (non-hydrogen) atoms. The fourth-order valence-electron chi connectivity index (χ4n) is 1.73. The SMILES string of the molecule is CCCCc1nc2c(c(C(=O)O)n1)CCO2. The second kappa shape index (κ2) is 4.47. The van der Waals surface area contributed by atoms with Gasteiger partial charge in [0.15, 0.2) is 5.69 Å². The highest BCUT2D eigenvalue weighted by molar-refractivity contribution is 5.87. The molecule has 1 N–H and O–H groups in total. The van der Waals surface area contributed by atoms with Crippen LogP contribution in [-0.2, 0) is 12.8 Å². The molecule has 0 saturated heterocycles. The van der Waals surface area contributed by atoms with Crippen molar-refractivity contribution in [1.29, 1.82) is 0 Å². The van der Waals surface area contributed by atoms with Crippen LogP contribution in [0.15, 0.2) is 0 Å². The Kier molecular flexibility index (Phi) is 3.03. The number of nitrogens with zero attached hydrogens (tertiary/aromatic N) is 2. The van der Waals surface area contributed by atoms with Gasteiger partial charge < -0.3 is 9.84 Å². The summed E-state index contributed by atoms with van der Waals surface area (Å²) in [4.78, 5) is 19.4. The number of carbonyl (C=O) groups is 1. The largest absolute Gasteiger partial charge is 0.477 e. The number of carboxylic acids is 1. The van der Waals surface area contributed by atoms with Crippen LogP contribution >= 0.6 is 0 Å². The first-order valence-electron chi connectivity index (χ1n) is 5.48. The summed E-state index contributed by atoms with van der Waals surface area (Å²) in [5.74, 6) is 0.0281. The number of hydrogen-bond acceptors (Lipinski definition) is 4. The molecule has 0 spiro atoms. The lowest BCUT2D eigenvalue weighted by Crippen LogP contribution is -2.09. The molecule has 1 aliphatic rings. The predicted octanol–water partition coefficient (Wildman–Crippen LogP) is 1.45. The minimum atomic E-state index is -0.998. The summed E-state index contributed by atoms with van der Waals surface area (Å²) >= 11 is 0. The summed E-state index contributed by atoms with van der Waals surface area (Å²) in [5.41, 5.74) is 0.737. The zero-order valence-corrected chi connectivity index (χ0v) is 9.19. The summed E-state index contributed by atoms with van der Waals surface area (Å²) in [6, 6.07) is 0. The number of hydrogen-bond donors (Lipinski definition) is 1. The lowest BCUT2D eigenvalue weighted by atomic mass is 10.1. The van der Waals surface area contributed by atoms with Gasteiger partial charge in [-0.25, -0.2) is 9.78 Å². The maximum Gasteiger partial charge on any atom is 0.355 e. The average molecular weight is 222 g/mol. The smallest absolute Gasteiger partial charge is 0.355 e. The first kappa shape index (κ1) is 10.9. The molecular weight excluding hydrogens is 208 g/mol. The third-order valence-corrected chi connectivity index (χ3v) is 2.56. The fourth-order valence-corrected chi connectivity index (χ4v) is 1.73. The number of aromatic nitrogens is 2. The molecule has 0 amide bonds. The third kappa shape index (κ3) is 1.98. The Morgan fingerprint density at radius 1 is 1.50 bits per heavy atom. The molecular formula is C11H14N2O3. The van der Waals surface area contributed by atoms with Crippen molar-refractivity contribution in [2.45, 2.75) is 32.6 Å². The number of carboxylic acid groups (broad SMARTS) is 1. The lowest BCUT2D eigenvalue weighted by Gasteiger charge is -2.05. The van der Waals surface area contributed by atoms with Gasteiger partial charge >= 0.3 is 5.97 Å². The zero-order valence-electron chi connectivity index (χ0n) is 9.19. The van der Waals surface area contributed by atoms with Gasteiger partial charge in [0.05, 0.1) is 12.2 Å². The van der Waals surface area contributed by atoms with Crippen molar-refractivity contribution in [1.82, 2.24) is 9.97 Å². The molecule has 0 unspecified atom stereocenters. The summed E-state index contributed by atoms with van der Waals surface area (Å²) in [5, 5.41) is 9.05. The molecule has 1 aromatic heterocycles. The Morgan fingerprint density at radius 2 is 2.31 bits per heavy atom. The van der Waals surface area contributed by atoms with Crippen LogP contribution in [0.3, 0.4) is 0 Å². The molecule has 0 aromatic carbocycles. The first-order valence-corrected chi connectivity index (χ1v) is 5.48. The van der Waals surface area contributed by atoms with Crippen LogP contribution in [0.25, 0.3) is 0 Å². The number of fused-ring (bicyclic) bond motifs is 1. The van der Waals surface area contributed by atoms with Gasteiger partial charge in [0.25, 0.3) is 0 Å².